The lowest BCUT2D eigenvalue weighted by Gasteiger charge is -2.30. The van der Waals surface area contributed by atoms with Crippen LogP contribution in [-0.4, -0.2) is 52.2 Å². The van der Waals surface area contributed by atoms with Gasteiger partial charge in [0.05, 0.1) is 11.4 Å². The van der Waals surface area contributed by atoms with Crippen molar-refractivity contribution in [1.82, 2.24) is 15.3 Å². The quantitative estimate of drug-likeness (QED) is 0.532. The number of ether oxygens (including phenoxy) is 2. The van der Waals surface area contributed by atoms with Crippen LogP contribution in [0.1, 0.15) is 41.0 Å². The van der Waals surface area contributed by atoms with E-state index in [1.807, 2.05) is 6.92 Å². The van der Waals surface area contributed by atoms with E-state index >= 15 is 0 Å². The van der Waals surface area contributed by atoms with Crippen LogP contribution in [0.5, 0.6) is 17.2 Å². The molecule has 1 atom stereocenters. The number of aryl methyl sites for hydroxylation is 1. The van der Waals surface area contributed by atoms with Crippen LogP contribution in [-0.2, 0) is 4.79 Å². The van der Waals surface area contributed by atoms with Gasteiger partial charge >= 0.3 is 0 Å². The molecular weight excluding hydrogens is 472 g/mol. The van der Waals surface area contributed by atoms with E-state index in [4.69, 9.17) is 9.47 Å². The van der Waals surface area contributed by atoms with Crippen LogP contribution in [0.25, 0.3) is 0 Å². The van der Waals surface area contributed by atoms with E-state index in [9.17, 15) is 14.7 Å². The highest BCUT2D eigenvalue weighted by Gasteiger charge is 2.33. The van der Waals surface area contributed by atoms with Crippen molar-refractivity contribution in [2.45, 2.75) is 37.8 Å². The summed E-state index contributed by atoms with van der Waals surface area (Å²) in [5.74, 6) is 6.53. The predicted molar refractivity (Wildman–Crippen MR) is 136 cm³/mol. The number of nitrogens with one attached hydrogen (secondary N) is 1. The number of fused-ring (bicyclic) bond motifs is 1. The number of rotatable bonds is 4. The molecule has 1 saturated carbocycles. The van der Waals surface area contributed by atoms with Gasteiger partial charge < -0.3 is 24.8 Å². The molecule has 5 rings (SSSR count). The molecule has 9 nitrogen and oxygen atoms in total. The van der Waals surface area contributed by atoms with Crippen molar-refractivity contribution < 1.29 is 24.2 Å². The maximum Gasteiger partial charge on any atom is 0.270 e. The van der Waals surface area contributed by atoms with Crippen molar-refractivity contribution in [1.29, 1.82) is 0 Å². The van der Waals surface area contributed by atoms with Gasteiger partial charge in [0.1, 0.15) is 41.2 Å². The van der Waals surface area contributed by atoms with Crippen molar-refractivity contribution in [2.24, 2.45) is 0 Å². The lowest BCUT2D eigenvalue weighted by atomic mass is 9.81. The average Bonchev–Trinajstić information content (AvgIpc) is 3.00. The molecule has 0 radical (unpaired) electrons. The summed E-state index contributed by atoms with van der Waals surface area (Å²) in [4.78, 5) is 35.9. The number of benzene rings is 1. The average molecular weight is 499 g/mol. The number of nitrogens with zero attached hydrogens (tertiary/aromatic N) is 3. The molecule has 2 aromatic heterocycles. The third-order valence-corrected chi connectivity index (χ3v) is 6.43. The molecule has 2 N–H and O–H groups in total. The molecule has 3 aromatic rings. The Balaban J connectivity index is 1.29. The van der Waals surface area contributed by atoms with E-state index in [-0.39, 0.29) is 18.2 Å². The number of aromatic nitrogens is 2. The van der Waals surface area contributed by atoms with Crippen LogP contribution in [0, 0.1) is 18.8 Å². The minimum absolute atomic E-state index is 0.0439. The van der Waals surface area contributed by atoms with Crippen LogP contribution >= 0.6 is 0 Å². The fourth-order valence-corrected chi connectivity index (χ4v) is 4.04. The number of pyridine rings is 2. The smallest absolute Gasteiger partial charge is 0.270 e. The first-order valence-electron chi connectivity index (χ1n) is 12.0. The van der Waals surface area contributed by atoms with E-state index in [1.165, 1.54) is 17.2 Å². The molecule has 188 valence electrons. The Morgan fingerprint density at radius 1 is 1.22 bits per heavy atom. The third kappa shape index (κ3) is 5.25. The van der Waals surface area contributed by atoms with Crippen LogP contribution in [0.3, 0.4) is 0 Å². The Morgan fingerprint density at radius 3 is 2.81 bits per heavy atom. The number of anilines is 1. The highest BCUT2D eigenvalue weighted by molar-refractivity contribution is 6.03. The van der Waals surface area contributed by atoms with Crippen molar-refractivity contribution in [3.8, 4) is 29.1 Å². The normalized spacial score (nSPS) is 17.8. The standard InChI is InChI=1S/C28H26N4O5/c1-18-24(5-3-13-29-18)37-20-9-14-30-21(16-20)26(33)31-22-17-36-25-7-6-19(8-12-28(35)10-4-11-28)15-23(25)32(2)27(22)34/h3,5-7,9,13-16,22,35H,4,10-11,17H2,1-2H3,(H,31,33)/t22-/m0/s1. The lowest BCUT2D eigenvalue weighted by Crippen LogP contribution is -2.49. The summed E-state index contributed by atoms with van der Waals surface area (Å²) < 4.78 is 11.7. The summed E-state index contributed by atoms with van der Waals surface area (Å²) in [5.41, 5.74) is 1.09. The van der Waals surface area contributed by atoms with Gasteiger partial charge in [0.2, 0.25) is 0 Å². The van der Waals surface area contributed by atoms with E-state index in [1.54, 1.807) is 49.6 Å². The van der Waals surface area contributed by atoms with Crippen molar-refractivity contribution in [3.63, 3.8) is 0 Å². The minimum Gasteiger partial charge on any atom is -0.489 e. The summed E-state index contributed by atoms with van der Waals surface area (Å²) >= 11 is 0. The fourth-order valence-electron chi connectivity index (χ4n) is 4.04. The third-order valence-electron chi connectivity index (χ3n) is 6.43. The monoisotopic (exact) mass is 498 g/mol. The van der Waals surface area contributed by atoms with Gasteiger partial charge in [0.25, 0.3) is 11.8 Å². The highest BCUT2D eigenvalue weighted by Crippen LogP contribution is 2.33. The molecule has 37 heavy (non-hydrogen) atoms. The van der Waals surface area contributed by atoms with Gasteiger partial charge in [-0.2, -0.15) is 0 Å². The zero-order valence-electron chi connectivity index (χ0n) is 20.5. The molecule has 3 heterocycles. The molecular formula is C28H26N4O5. The second-order valence-corrected chi connectivity index (χ2v) is 9.12. The van der Waals surface area contributed by atoms with Crippen LogP contribution in [0.2, 0.25) is 0 Å². The second-order valence-electron chi connectivity index (χ2n) is 9.12. The molecule has 1 aliphatic heterocycles. The lowest BCUT2D eigenvalue weighted by molar-refractivity contribution is -0.120. The Kier molecular flexibility index (Phi) is 6.51. The first kappa shape index (κ1) is 24.3. The number of hydrogen-bond donors (Lipinski definition) is 2. The molecule has 0 bridgehead atoms. The van der Waals surface area contributed by atoms with Crippen LogP contribution in [0.4, 0.5) is 5.69 Å². The molecule has 2 amide bonds. The molecule has 1 fully saturated rings. The summed E-state index contributed by atoms with van der Waals surface area (Å²) in [5, 5.41) is 13.0. The first-order chi connectivity index (χ1) is 17.8. The highest BCUT2D eigenvalue weighted by atomic mass is 16.5. The number of hydrogen-bond acceptors (Lipinski definition) is 7. The summed E-state index contributed by atoms with van der Waals surface area (Å²) in [7, 11) is 1.62. The van der Waals surface area contributed by atoms with Crippen molar-refractivity contribution in [2.75, 3.05) is 18.6 Å². The number of carbonyl (C=O) groups excluding carboxylic acids is 2. The molecule has 1 aliphatic carbocycles. The molecule has 9 heteroatoms. The van der Waals surface area contributed by atoms with Gasteiger partial charge in [-0.15, -0.1) is 0 Å². The molecule has 1 aromatic carbocycles. The predicted octanol–water partition coefficient (Wildman–Crippen LogP) is 3.00. The Hall–Kier alpha value is -4.42. The van der Waals surface area contributed by atoms with Crippen LogP contribution < -0.4 is 19.7 Å². The van der Waals surface area contributed by atoms with Gasteiger partial charge in [0, 0.05) is 31.1 Å². The Bertz CT molecular complexity index is 1420. The summed E-state index contributed by atoms with van der Waals surface area (Å²) in [6.45, 7) is 1.78. The number of likely N-dealkylation sites (N-methyl/N-ethyl adjacent to an activating group) is 1. The second kappa shape index (κ2) is 9.91. The zero-order valence-corrected chi connectivity index (χ0v) is 20.5. The molecule has 2 aliphatic rings. The molecule has 0 spiro atoms. The van der Waals surface area contributed by atoms with E-state index in [0.29, 0.717) is 47.0 Å². The van der Waals surface area contributed by atoms with Crippen LogP contribution in [0.15, 0.2) is 54.9 Å². The van der Waals surface area contributed by atoms with Gasteiger partial charge in [-0.1, -0.05) is 11.8 Å². The SMILES string of the molecule is Cc1ncccc1Oc1ccnc(C(=O)N[C@H]2COc3ccc(C#CC4(O)CCC4)cc3N(C)C2=O)c1. The molecule has 0 saturated heterocycles. The van der Waals surface area contributed by atoms with Gasteiger partial charge in [-0.25, -0.2) is 0 Å². The Morgan fingerprint density at radius 2 is 2.05 bits per heavy atom. The molecule has 0 unspecified atom stereocenters. The van der Waals surface area contributed by atoms with E-state index < -0.39 is 17.6 Å². The van der Waals surface area contributed by atoms with Gasteiger partial charge in [0.15, 0.2) is 0 Å². The van der Waals surface area contributed by atoms with E-state index in [2.05, 4.69) is 27.1 Å². The number of aliphatic hydroxyl groups is 1. The number of amides is 2. The fraction of sp³-hybridized carbons (Fsp3) is 0.286. The topological polar surface area (TPSA) is 114 Å². The summed E-state index contributed by atoms with van der Waals surface area (Å²) in [6.07, 6.45) is 5.43. The van der Waals surface area contributed by atoms with E-state index in [0.717, 1.165) is 6.42 Å². The minimum atomic E-state index is -0.929. The van der Waals surface area contributed by atoms with Crippen molar-refractivity contribution >= 4 is 17.5 Å². The van der Waals surface area contributed by atoms with Gasteiger partial charge in [-0.05, 0) is 62.6 Å². The maximum atomic E-state index is 13.2. The zero-order chi connectivity index (χ0) is 26.0. The Labute approximate surface area is 214 Å². The van der Waals surface area contributed by atoms with Gasteiger partial charge in [-0.3, -0.25) is 19.6 Å². The largest absolute Gasteiger partial charge is 0.489 e. The first-order valence-corrected chi connectivity index (χ1v) is 12.0. The number of carbonyl (C=O) groups is 2. The summed E-state index contributed by atoms with van der Waals surface area (Å²) in [6, 6.07) is 11.0. The van der Waals surface area contributed by atoms with Crippen molar-refractivity contribution in [3.05, 3.63) is 71.8 Å². The maximum absolute atomic E-state index is 13.2.